The van der Waals surface area contributed by atoms with E-state index in [1.54, 1.807) is 104 Å². The minimum Gasteiger partial charge on any atom is -0.496 e. The molecule has 0 fully saturated rings. The molecule has 0 saturated carbocycles. The van der Waals surface area contributed by atoms with Crippen LogP contribution in [-0.4, -0.2) is 133 Å². The molecule has 0 aromatic heterocycles. The van der Waals surface area contributed by atoms with E-state index in [1.807, 2.05) is 19.6 Å². The third-order valence-corrected chi connectivity index (χ3v) is 14.3. The quantitative estimate of drug-likeness (QED) is 0.0193. The Morgan fingerprint density at radius 2 is 1.16 bits per heavy atom. The number of hydrogen-bond donors (Lipinski definition) is 5. The van der Waals surface area contributed by atoms with Gasteiger partial charge in [0.05, 0.1) is 57.0 Å². The number of aldehydes is 1. The molecule has 0 saturated heterocycles. The van der Waals surface area contributed by atoms with E-state index in [2.05, 4.69) is 55.7 Å². The second kappa shape index (κ2) is 35.8. The SMILES string of the molecule is C#N.CCCC[N+](CCC)(CCCC)CCCC.COc1cccc(C(=O)NN(C(=O)c2ccc(C=O)c(B(O)O)c2)C(C)(C)C)c1C.C[Si](C)(C)C#N.[C-]#[N+]C1OB(O)c2cc(C(=O)N(NC(=O)c3cccc(OC)c3C)C(C)(C)C)ccc21. The summed E-state index contributed by atoms with van der Waals surface area (Å²) in [4.78, 5) is 66.8. The summed E-state index contributed by atoms with van der Waals surface area (Å²) in [5, 5.41) is 46.2. The van der Waals surface area contributed by atoms with Gasteiger partial charge in [0.2, 0.25) is 0 Å². The number of nitriles is 2. The fourth-order valence-electron chi connectivity index (χ4n) is 8.97. The molecular weight excluding hydrogens is 1090 g/mol. The van der Waals surface area contributed by atoms with Crippen LogP contribution in [0.5, 0.6) is 11.5 Å². The molecule has 1 unspecified atom stereocenters. The fourth-order valence-corrected chi connectivity index (χ4v) is 8.97. The van der Waals surface area contributed by atoms with Crippen molar-refractivity contribution in [3.63, 3.8) is 0 Å². The van der Waals surface area contributed by atoms with Crippen molar-refractivity contribution in [2.75, 3.05) is 40.4 Å². The summed E-state index contributed by atoms with van der Waals surface area (Å²) < 4.78 is 17.1. The van der Waals surface area contributed by atoms with Gasteiger partial charge in [-0.3, -0.25) is 39.7 Å². The lowest BCUT2D eigenvalue weighted by atomic mass is 9.76. The molecule has 1 aliphatic heterocycles. The van der Waals surface area contributed by atoms with E-state index < -0.39 is 63.2 Å². The molecule has 1 heterocycles. The van der Waals surface area contributed by atoms with E-state index in [1.165, 1.54) is 119 Å². The topological polar surface area (TPSA) is 256 Å². The first kappa shape index (κ1) is 75.7. The molecule has 19 nitrogen and oxygen atoms in total. The van der Waals surface area contributed by atoms with E-state index in [4.69, 9.17) is 31.2 Å². The number of carbonyl (C=O) groups excluding carboxylic acids is 5. The number of fused-ring (bicyclic) bond motifs is 1. The molecule has 4 aromatic carbocycles. The molecule has 5 N–H and O–H groups in total. The second-order valence-electron chi connectivity index (χ2n) is 23.6. The van der Waals surface area contributed by atoms with Crippen molar-refractivity contribution >= 4 is 63.2 Å². The number of amides is 4. The molecule has 0 aliphatic carbocycles. The number of hydrogen-bond acceptors (Lipinski definition) is 13. The van der Waals surface area contributed by atoms with Crippen LogP contribution in [0.2, 0.25) is 19.6 Å². The first-order valence-corrected chi connectivity index (χ1v) is 32.3. The number of rotatable bonds is 19. The zero-order valence-corrected chi connectivity index (χ0v) is 54.4. The number of hydrazine groups is 2. The van der Waals surface area contributed by atoms with Crippen LogP contribution in [0.4, 0.5) is 0 Å². The van der Waals surface area contributed by atoms with Crippen LogP contribution in [0, 0.1) is 43.2 Å². The van der Waals surface area contributed by atoms with Gasteiger partial charge in [-0.25, -0.2) is 27.1 Å². The van der Waals surface area contributed by atoms with Gasteiger partial charge in [-0.15, -0.1) is 0 Å². The summed E-state index contributed by atoms with van der Waals surface area (Å²) in [6, 6.07) is 18.7. The normalized spacial score (nSPS) is 12.4. The summed E-state index contributed by atoms with van der Waals surface area (Å²) in [5.74, 6) is -0.858. The van der Waals surface area contributed by atoms with E-state index >= 15 is 0 Å². The van der Waals surface area contributed by atoms with Gasteiger partial charge in [0.1, 0.15) is 17.8 Å². The maximum Gasteiger partial charge on any atom is 0.497 e. The number of quaternary nitrogens is 1. The highest BCUT2D eigenvalue weighted by Gasteiger charge is 2.41. The lowest BCUT2D eigenvalue weighted by molar-refractivity contribution is -0.928. The number of nitrogens with zero attached hydrogens (tertiary/aromatic N) is 6. The summed E-state index contributed by atoms with van der Waals surface area (Å²) in [6.45, 7) is 45.8. The summed E-state index contributed by atoms with van der Waals surface area (Å²) in [7, 11) is -1.49. The van der Waals surface area contributed by atoms with Crippen molar-refractivity contribution in [3.8, 4) is 23.8 Å². The smallest absolute Gasteiger partial charge is 0.496 e. The Kier molecular flexibility index (Phi) is 31.9. The largest absolute Gasteiger partial charge is 0.497 e. The van der Waals surface area contributed by atoms with Gasteiger partial charge in [0, 0.05) is 51.2 Å². The summed E-state index contributed by atoms with van der Waals surface area (Å²) in [6.07, 6.45) is 9.19. The van der Waals surface area contributed by atoms with Crippen LogP contribution in [0.1, 0.15) is 189 Å². The molecule has 1 atom stereocenters. The Balaban J connectivity index is 0.000000624. The number of ether oxygens (including phenoxy) is 2. The van der Waals surface area contributed by atoms with E-state index in [-0.39, 0.29) is 22.2 Å². The second-order valence-corrected chi connectivity index (χ2v) is 28.3. The van der Waals surface area contributed by atoms with E-state index in [0.717, 1.165) is 5.01 Å². The van der Waals surface area contributed by atoms with Gasteiger partial charge in [0.15, 0.2) is 8.07 Å². The highest BCUT2D eigenvalue weighted by Crippen LogP contribution is 2.28. The minimum atomic E-state index is -1.92. The van der Waals surface area contributed by atoms with Crippen molar-refractivity contribution in [3.05, 3.63) is 129 Å². The van der Waals surface area contributed by atoms with Gasteiger partial charge in [-0.2, -0.15) is 0 Å². The van der Waals surface area contributed by atoms with Crippen LogP contribution in [0.3, 0.4) is 0 Å². The lowest BCUT2D eigenvalue weighted by Gasteiger charge is -2.39. The third-order valence-electron chi connectivity index (χ3n) is 13.6. The molecule has 1 aliphatic rings. The maximum absolute atomic E-state index is 13.3. The average Bonchev–Trinajstić information content (AvgIpc) is 4.07. The third kappa shape index (κ3) is 22.9. The van der Waals surface area contributed by atoms with Crippen molar-refractivity contribution < 1.29 is 57.7 Å². The average molecular weight is 1190 g/mol. The number of unbranched alkanes of at least 4 members (excludes halogenated alkanes) is 3. The van der Waals surface area contributed by atoms with Gasteiger partial charge in [-0.1, -0.05) is 84.8 Å². The molecule has 460 valence electrons. The molecular formula is C63H93B2N8O11Si+. The molecule has 4 amide bonds. The molecule has 85 heavy (non-hydrogen) atoms. The van der Waals surface area contributed by atoms with Gasteiger partial charge < -0.3 is 33.7 Å². The van der Waals surface area contributed by atoms with Crippen LogP contribution >= 0.6 is 0 Å². The molecule has 22 heteroatoms. The Morgan fingerprint density at radius 1 is 0.753 bits per heavy atom. The minimum absolute atomic E-state index is 0.0555. The zero-order chi connectivity index (χ0) is 65.0. The zero-order valence-electron chi connectivity index (χ0n) is 53.4. The molecule has 0 radical (unpaired) electrons. The molecule has 5 rings (SSSR count). The number of benzene rings is 4. The van der Waals surface area contributed by atoms with Crippen LogP contribution in [-0.2, 0) is 4.65 Å². The summed E-state index contributed by atoms with van der Waals surface area (Å²) >= 11 is 0. The maximum atomic E-state index is 13.3. The number of methoxy groups -OCH3 is 2. The van der Waals surface area contributed by atoms with Crippen molar-refractivity contribution in [1.82, 2.24) is 20.9 Å². The summed E-state index contributed by atoms with van der Waals surface area (Å²) in [5.41, 5.74) is 9.25. The van der Waals surface area contributed by atoms with Gasteiger partial charge >= 0.3 is 20.5 Å². The van der Waals surface area contributed by atoms with Crippen LogP contribution < -0.4 is 31.3 Å². The standard InChI is InChI=1S/C22H24BN3O5.C21H25BN2O6.C15H34N.C4H9NSi.CHN/c1-13-15(8-7-9-18(13)30-6)19(27)25-26(22(2,3)4)21(28)14-10-11-16-17(12-14)23(29)31-20(16)24-5;1-13-16(7-6-8-18(13)30-5)19(26)23-24(21(2,3)4)20(27)14-9-10-15(12-25)17(11-14)22(28)29;1-5-9-13-16(12-8-4,14-10-6-2)15-11-7-3;1-6(2,3)4-5;1-2/h7-12,20,29H,1-4,6H3,(H,25,27);6-12,28-29H,1-5H3,(H,23,26);5-15H2,1-4H3;1-3H3;1H/q;;+1;;. The first-order valence-electron chi connectivity index (χ1n) is 28.8. The Bertz CT molecular complexity index is 2920. The van der Waals surface area contributed by atoms with Crippen molar-refractivity contribution in [2.24, 2.45) is 0 Å². The van der Waals surface area contributed by atoms with Gasteiger partial charge in [0.25, 0.3) is 23.6 Å². The lowest BCUT2D eigenvalue weighted by Crippen LogP contribution is -2.56. The highest BCUT2D eigenvalue weighted by molar-refractivity contribution is 6.83. The Morgan fingerprint density at radius 3 is 1.51 bits per heavy atom. The van der Waals surface area contributed by atoms with E-state index in [0.29, 0.717) is 51.1 Å². The van der Waals surface area contributed by atoms with Crippen LogP contribution in [0.15, 0.2) is 72.8 Å². The Labute approximate surface area is 507 Å². The molecule has 0 spiro atoms. The predicted molar refractivity (Wildman–Crippen MR) is 339 cm³/mol. The molecule has 0 bridgehead atoms. The van der Waals surface area contributed by atoms with Crippen LogP contribution in [0.25, 0.3) is 4.85 Å². The van der Waals surface area contributed by atoms with Crippen molar-refractivity contribution in [1.29, 1.82) is 10.5 Å². The van der Waals surface area contributed by atoms with Gasteiger partial charge in [-0.05, 0) is 147 Å². The predicted octanol–water partition coefficient (Wildman–Crippen LogP) is 9.45. The molecule has 4 aromatic rings. The highest BCUT2D eigenvalue weighted by atomic mass is 28.3. The number of nitrogens with one attached hydrogen (secondary N) is 2. The van der Waals surface area contributed by atoms with E-state index in [9.17, 15) is 39.0 Å². The fraction of sp³-hybridized carbons (Fsp3) is 0.492. The Hall–Kier alpha value is -7.35. The number of carbonyl (C=O) groups is 5. The first-order chi connectivity index (χ1) is 39.9. The van der Waals surface area contributed by atoms with Crippen molar-refractivity contribution in [2.45, 2.75) is 165 Å². The monoisotopic (exact) mass is 1190 g/mol.